The number of aromatic nitrogens is 4. The molecule has 0 aliphatic carbocycles. The van der Waals surface area contributed by atoms with E-state index in [2.05, 4.69) is 10.1 Å². The fourth-order valence-corrected chi connectivity index (χ4v) is 2.16. The molecule has 102 valence electrons. The molecule has 0 aromatic carbocycles. The third-order valence-electron chi connectivity index (χ3n) is 3.02. The van der Waals surface area contributed by atoms with Crippen molar-refractivity contribution in [1.29, 1.82) is 0 Å². The molecule has 0 radical (unpaired) electrons. The number of methoxy groups -OCH3 is 1. The Kier molecular flexibility index (Phi) is 3.61. The van der Waals surface area contributed by atoms with Crippen LogP contribution in [0.25, 0.3) is 0 Å². The van der Waals surface area contributed by atoms with Crippen molar-refractivity contribution in [1.82, 2.24) is 19.3 Å². The van der Waals surface area contributed by atoms with Crippen molar-refractivity contribution in [3.63, 3.8) is 0 Å². The largest absolute Gasteiger partial charge is 0.464 e. The van der Waals surface area contributed by atoms with Crippen molar-refractivity contribution in [2.45, 2.75) is 20.4 Å². The summed E-state index contributed by atoms with van der Waals surface area (Å²) < 4.78 is 8.20. The lowest BCUT2D eigenvalue weighted by molar-refractivity contribution is 0.0588. The minimum absolute atomic E-state index is 0.398. The molecule has 2 rings (SSSR count). The van der Waals surface area contributed by atoms with Gasteiger partial charge in [0.25, 0.3) is 0 Å². The first kappa shape index (κ1) is 13.6. The number of nitrogens with zero attached hydrogens (tertiary/aromatic N) is 4. The number of carbonyl (C=O) groups excluding carboxylic acids is 1. The first-order valence-electron chi connectivity index (χ1n) is 5.74. The third-order valence-corrected chi connectivity index (χ3v) is 3.51. The molecule has 0 aliphatic rings. The van der Waals surface area contributed by atoms with Crippen LogP contribution in [0.15, 0.2) is 6.20 Å². The van der Waals surface area contributed by atoms with Gasteiger partial charge in [-0.15, -0.1) is 0 Å². The lowest BCUT2D eigenvalue weighted by Crippen LogP contribution is -2.14. The highest BCUT2D eigenvalue weighted by atomic mass is 35.5. The van der Waals surface area contributed by atoms with Crippen LogP contribution >= 0.6 is 11.6 Å². The number of aryl methyl sites for hydroxylation is 3. The molecule has 6 nitrogen and oxygen atoms in total. The fourth-order valence-electron chi connectivity index (χ4n) is 1.94. The lowest BCUT2D eigenvalue weighted by Gasteiger charge is -2.09. The molecule has 7 heteroatoms. The van der Waals surface area contributed by atoms with Gasteiger partial charge in [0, 0.05) is 7.05 Å². The van der Waals surface area contributed by atoms with Crippen LogP contribution in [0, 0.1) is 13.8 Å². The van der Waals surface area contributed by atoms with E-state index in [0.717, 1.165) is 17.2 Å². The Morgan fingerprint density at radius 1 is 1.47 bits per heavy atom. The normalized spacial score (nSPS) is 10.8. The van der Waals surface area contributed by atoms with Crippen molar-refractivity contribution in [2.24, 2.45) is 7.05 Å². The van der Waals surface area contributed by atoms with E-state index in [-0.39, 0.29) is 0 Å². The maximum atomic E-state index is 11.7. The van der Waals surface area contributed by atoms with E-state index in [0.29, 0.717) is 17.3 Å². The van der Waals surface area contributed by atoms with Crippen LogP contribution in [-0.4, -0.2) is 32.4 Å². The average Bonchev–Trinajstić information content (AvgIpc) is 2.85. The predicted molar refractivity (Wildman–Crippen MR) is 70.4 cm³/mol. The Labute approximate surface area is 116 Å². The van der Waals surface area contributed by atoms with E-state index < -0.39 is 5.97 Å². The summed E-state index contributed by atoms with van der Waals surface area (Å²) in [6.45, 7) is 4.09. The van der Waals surface area contributed by atoms with Gasteiger partial charge in [0.2, 0.25) is 0 Å². The van der Waals surface area contributed by atoms with Crippen LogP contribution < -0.4 is 0 Å². The summed E-state index contributed by atoms with van der Waals surface area (Å²) >= 11 is 6.22. The molecule has 0 fully saturated rings. The number of ether oxygens (including phenoxy) is 1. The molecule has 0 spiro atoms. The van der Waals surface area contributed by atoms with Gasteiger partial charge in [0.05, 0.1) is 36.3 Å². The second-order valence-electron chi connectivity index (χ2n) is 4.24. The second-order valence-corrected chi connectivity index (χ2v) is 4.62. The van der Waals surface area contributed by atoms with Crippen LogP contribution in [0.1, 0.15) is 27.7 Å². The molecule has 0 aliphatic heterocycles. The molecular weight excluding hydrogens is 268 g/mol. The summed E-state index contributed by atoms with van der Waals surface area (Å²) in [5, 5.41) is 4.85. The van der Waals surface area contributed by atoms with Crippen molar-refractivity contribution < 1.29 is 9.53 Å². The van der Waals surface area contributed by atoms with Crippen LogP contribution in [0.4, 0.5) is 0 Å². The summed E-state index contributed by atoms with van der Waals surface area (Å²) in [6.07, 6.45) is 1.50. The molecule has 0 bridgehead atoms. The average molecular weight is 283 g/mol. The van der Waals surface area contributed by atoms with E-state index >= 15 is 0 Å². The monoisotopic (exact) mass is 282 g/mol. The quantitative estimate of drug-likeness (QED) is 0.804. The number of hydrogen-bond donors (Lipinski definition) is 0. The molecule has 0 N–H and O–H groups in total. The molecule has 0 saturated heterocycles. The van der Waals surface area contributed by atoms with Crippen LogP contribution in [0.5, 0.6) is 0 Å². The Morgan fingerprint density at radius 2 is 2.16 bits per heavy atom. The third kappa shape index (κ3) is 2.35. The molecule has 0 saturated carbocycles. The fraction of sp³-hybridized carbons (Fsp3) is 0.417. The summed E-state index contributed by atoms with van der Waals surface area (Å²) in [4.78, 5) is 15.8. The van der Waals surface area contributed by atoms with Gasteiger partial charge < -0.3 is 9.30 Å². The van der Waals surface area contributed by atoms with Gasteiger partial charge >= 0.3 is 5.97 Å². The van der Waals surface area contributed by atoms with Crippen molar-refractivity contribution in [3.05, 3.63) is 34.1 Å². The standard InChI is InChI=1S/C12H15ClN4O2/c1-7-11(13)10(16(3)15-7)6-17-8(2)14-5-9(17)12(18)19-4/h5H,6H2,1-4H3. The molecule has 0 unspecified atom stereocenters. The number of esters is 1. The van der Waals surface area contributed by atoms with Crippen molar-refractivity contribution in [3.8, 4) is 0 Å². The number of imidazole rings is 1. The van der Waals surface area contributed by atoms with E-state index in [1.165, 1.54) is 13.3 Å². The summed E-state index contributed by atoms with van der Waals surface area (Å²) in [6, 6.07) is 0. The Morgan fingerprint density at radius 3 is 2.68 bits per heavy atom. The van der Waals surface area contributed by atoms with E-state index in [9.17, 15) is 4.79 Å². The van der Waals surface area contributed by atoms with Gasteiger partial charge in [-0.1, -0.05) is 11.6 Å². The van der Waals surface area contributed by atoms with Gasteiger partial charge in [-0.2, -0.15) is 5.10 Å². The van der Waals surface area contributed by atoms with Gasteiger partial charge in [-0.05, 0) is 13.8 Å². The predicted octanol–water partition coefficient (Wildman–Crippen LogP) is 1.72. The molecule has 2 aromatic heterocycles. The molecule has 0 amide bonds. The van der Waals surface area contributed by atoms with Crippen LogP contribution in [0.3, 0.4) is 0 Å². The highest BCUT2D eigenvalue weighted by Gasteiger charge is 2.18. The summed E-state index contributed by atoms with van der Waals surface area (Å²) in [7, 11) is 3.16. The zero-order valence-corrected chi connectivity index (χ0v) is 12.0. The summed E-state index contributed by atoms with van der Waals surface area (Å²) in [5.74, 6) is 0.297. The molecule has 2 heterocycles. The Bertz CT molecular complexity index is 630. The van der Waals surface area contributed by atoms with Crippen LogP contribution in [-0.2, 0) is 18.3 Å². The number of carbonyl (C=O) groups is 1. The highest BCUT2D eigenvalue weighted by molar-refractivity contribution is 6.31. The number of hydrogen-bond acceptors (Lipinski definition) is 4. The molecule has 0 atom stereocenters. The lowest BCUT2D eigenvalue weighted by atomic mass is 10.3. The van der Waals surface area contributed by atoms with Crippen molar-refractivity contribution >= 4 is 17.6 Å². The summed E-state index contributed by atoms with van der Waals surface area (Å²) in [5.41, 5.74) is 1.98. The Hall–Kier alpha value is -1.82. The molecule has 2 aromatic rings. The van der Waals surface area contributed by atoms with E-state index in [1.54, 1.807) is 9.25 Å². The minimum atomic E-state index is -0.421. The van der Waals surface area contributed by atoms with Gasteiger partial charge in [-0.25, -0.2) is 9.78 Å². The smallest absolute Gasteiger partial charge is 0.356 e. The van der Waals surface area contributed by atoms with E-state index in [4.69, 9.17) is 16.3 Å². The topological polar surface area (TPSA) is 61.9 Å². The van der Waals surface area contributed by atoms with E-state index in [1.807, 2.05) is 20.9 Å². The highest BCUT2D eigenvalue weighted by Crippen LogP contribution is 2.21. The Balaban J connectivity index is 2.43. The molecular formula is C12H15ClN4O2. The zero-order chi connectivity index (χ0) is 14.2. The van der Waals surface area contributed by atoms with Crippen molar-refractivity contribution in [2.75, 3.05) is 7.11 Å². The number of rotatable bonds is 3. The first-order chi connectivity index (χ1) is 8.95. The van der Waals surface area contributed by atoms with Gasteiger partial charge in [0.1, 0.15) is 11.5 Å². The molecule has 19 heavy (non-hydrogen) atoms. The first-order valence-corrected chi connectivity index (χ1v) is 6.12. The number of halogens is 1. The maximum absolute atomic E-state index is 11.7. The van der Waals surface area contributed by atoms with Gasteiger partial charge in [0.15, 0.2) is 0 Å². The minimum Gasteiger partial charge on any atom is -0.464 e. The van der Waals surface area contributed by atoms with Crippen LogP contribution in [0.2, 0.25) is 5.02 Å². The maximum Gasteiger partial charge on any atom is 0.356 e. The SMILES string of the molecule is COC(=O)c1cnc(C)n1Cc1c(Cl)c(C)nn1C. The zero-order valence-electron chi connectivity index (χ0n) is 11.3. The second kappa shape index (κ2) is 5.05. The van der Waals surface area contributed by atoms with Gasteiger partial charge in [-0.3, -0.25) is 4.68 Å².